The summed E-state index contributed by atoms with van der Waals surface area (Å²) in [7, 11) is 0. The molecule has 0 aliphatic carbocycles. The first kappa shape index (κ1) is 9.37. The van der Waals surface area contributed by atoms with Crippen molar-refractivity contribution in [2.45, 2.75) is 18.4 Å². The number of nitrogens with one attached hydrogen (secondary N) is 1. The molecule has 2 saturated heterocycles. The standard InChI is InChI=1S/C9H17FN2O/c10-3-4-12-8-11-7-9(12)1-5-13-6-2-9/h11H,1-8H2. The van der Waals surface area contributed by atoms with Crippen molar-refractivity contribution in [1.82, 2.24) is 10.2 Å². The highest BCUT2D eigenvalue weighted by Gasteiger charge is 2.41. The molecule has 0 aromatic heterocycles. The number of nitrogens with zero attached hydrogens (tertiary/aromatic N) is 1. The second-order valence-corrected chi connectivity index (χ2v) is 3.87. The minimum Gasteiger partial charge on any atom is -0.381 e. The average Bonchev–Trinajstić information content (AvgIpc) is 2.52. The van der Waals surface area contributed by atoms with Gasteiger partial charge < -0.3 is 10.1 Å². The highest BCUT2D eigenvalue weighted by molar-refractivity contribution is 4.98. The molecule has 2 heterocycles. The van der Waals surface area contributed by atoms with Crippen LogP contribution in [0.25, 0.3) is 0 Å². The van der Waals surface area contributed by atoms with Crippen molar-refractivity contribution in [3.63, 3.8) is 0 Å². The molecule has 2 rings (SSSR count). The number of halogens is 1. The molecular weight excluding hydrogens is 171 g/mol. The van der Waals surface area contributed by atoms with Crippen molar-refractivity contribution in [3.05, 3.63) is 0 Å². The fourth-order valence-electron chi connectivity index (χ4n) is 2.37. The van der Waals surface area contributed by atoms with Crippen LogP contribution >= 0.6 is 0 Å². The van der Waals surface area contributed by atoms with Gasteiger partial charge in [0.2, 0.25) is 0 Å². The number of hydrogen-bond acceptors (Lipinski definition) is 3. The van der Waals surface area contributed by atoms with Crippen LogP contribution in [0.4, 0.5) is 4.39 Å². The molecule has 0 unspecified atom stereocenters. The monoisotopic (exact) mass is 188 g/mol. The average molecular weight is 188 g/mol. The SMILES string of the molecule is FCCN1CNCC12CCOCC2. The number of ether oxygens (including phenoxy) is 1. The van der Waals surface area contributed by atoms with Gasteiger partial charge in [-0.25, -0.2) is 4.39 Å². The van der Waals surface area contributed by atoms with Crippen molar-refractivity contribution >= 4 is 0 Å². The molecule has 0 aromatic rings. The Bertz CT molecular complexity index is 171. The van der Waals surface area contributed by atoms with Gasteiger partial charge in [0.05, 0.1) is 0 Å². The van der Waals surface area contributed by atoms with E-state index in [1.54, 1.807) is 0 Å². The Morgan fingerprint density at radius 3 is 2.85 bits per heavy atom. The molecule has 2 fully saturated rings. The molecule has 0 saturated carbocycles. The Labute approximate surface area is 78.2 Å². The number of rotatable bonds is 2. The Hall–Kier alpha value is -0.190. The normalized spacial score (nSPS) is 28.4. The maximum atomic E-state index is 12.3. The van der Waals surface area contributed by atoms with Crippen LogP contribution in [0, 0.1) is 0 Å². The summed E-state index contributed by atoms with van der Waals surface area (Å²) in [5, 5.41) is 3.32. The Morgan fingerprint density at radius 1 is 1.38 bits per heavy atom. The topological polar surface area (TPSA) is 24.5 Å². The van der Waals surface area contributed by atoms with Gasteiger partial charge in [-0.05, 0) is 12.8 Å². The summed E-state index contributed by atoms with van der Waals surface area (Å²) >= 11 is 0. The van der Waals surface area contributed by atoms with Crippen molar-refractivity contribution < 1.29 is 9.13 Å². The minimum absolute atomic E-state index is 0.199. The smallest absolute Gasteiger partial charge is 0.102 e. The van der Waals surface area contributed by atoms with E-state index in [-0.39, 0.29) is 12.2 Å². The first-order valence-electron chi connectivity index (χ1n) is 4.97. The maximum absolute atomic E-state index is 12.3. The lowest BCUT2D eigenvalue weighted by Gasteiger charge is -2.40. The van der Waals surface area contributed by atoms with E-state index in [4.69, 9.17) is 4.74 Å². The zero-order valence-electron chi connectivity index (χ0n) is 7.89. The molecule has 3 nitrogen and oxygen atoms in total. The molecule has 0 amide bonds. The molecule has 1 N–H and O–H groups in total. The van der Waals surface area contributed by atoms with Gasteiger partial charge in [-0.1, -0.05) is 0 Å². The van der Waals surface area contributed by atoms with Crippen LogP contribution in [0.3, 0.4) is 0 Å². The van der Waals surface area contributed by atoms with Crippen LogP contribution in [0.2, 0.25) is 0 Å². The summed E-state index contributed by atoms with van der Waals surface area (Å²) in [6.07, 6.45) is 2.08. The molecule has 76 valence electrons. The molecule has 0 aromatic carbocycles. The summed E-state index contributed by atoms with van der Waals surface area (Å²) in [6, 6.07) is 0. The van der Waals surface area contributed by atoms with Crippen LogP contribution in [0.1, 0.15) is 12.8 Å². The fourth-order valence-corrected chi connectivity index (χ4v) is 2.37. The molecule has 4 heteroatoms. The van der Waals surface area contributed by atoms with Crippen LogP contribution in [-0.2, 0) is 4.74 Å². The van der Waals surface area contributed by atoms with E-state index in [1.165, 1.54) is 0 Å². The second kappa shape index (κ2) is 3.90. The van der Waals surface area contributed by atoms with Gasteiger partial charge in [0.15, 0.2) is 0 Å². The van der Waals surface area contributed by atoms with Crippen LogP contribution in [0.5, 0.6) is 0 Å². The van der Waals surface area contributed by atoms with Gasteiger partial charge >= 0.3 is 0 Å². The molecule has 13 heavy (non-hydrogen) atoms. The fraction of sp³-hybridized carbons (Fsp3) is 1.00. The summed E-state index contributed by atoms with van der Waals surface area (Å²) in [5.74, 6) is 0. The third-order valence-electron chi connectivity index (χ3n) is 3.21. The van der Waals surface area contributed by atoms with E-state index in [1.807, 2.05) is 0 Å². The van der Waals surface area contributed by atoms with Gasteiger partial charge in [-0.3, -0.25) is 4.90 Å². The largest absolute Gasteiger partial charge is 0.381 e. The number of hydrogen-bond donors (Lipinski definition) is 1. The Kier molecular flexibility index (Phi) is 2.81. The van der Waals surface area contributed by atoms with Crippen LogP contribution in [-0.4, -0.2) is 50.1 Å². The van der Waals surface area contributed by atoms with E-state index >= 15 is 0 Å². The predicted molar refractivity (Wildman–Crippen MR) is 48.3 cm³/mol. The van der Waals surface area contributed by atoms with Gasteiger partial charge in [0.25, 0.3) is 0 Å². The highest BCUT2D eigenvalue weighted by Crippen LogP contribution is 2.29. The molecular formula is C9H17FN2O. The van der Waals surface area contributed by atoms with Crippen molar-refractivity contribution in [2.75, 3.05) is 39.6 Å². The third kappa shape index (κ3) is 1.71. The van der Waals surface area contributed by atoms with Crippen molar-refractivity contribution in [1.29, 1.82) is 0 Å². The minimum atomic E-state index is -0.246. The quantitative estimate of drug-likeness (QED) is 0.677. The Morgan fingerprint density at radius 2 is 2.15 bits per heavy atom. The summed E-state index contributed by atoms with van der Waals surface area (Å²) < 4.78 is 17.6. The number of alkyl halides is 1. The summed E-state index contributed by atoms with van der Waals surface area (Å²) in [4.78, 5) is 2.23. The maximum Gasteiger partial charge on any atom is 0.102 e. The lowest BCUT2D eigenvalue weighted by Crippen LogP contribution is -2.50. The van der Waals surface area contributed by atoms with Gasteiger partial charge in [-0.2, -0.15) is 0 Å². The van der Waals surface area contributed by atoms with Crippen LogP contribution < -0.4 is 5.32 Å². The van der Waals surface area contributed by atoms with Gasteiger partial charge in [-0.15, -0.1) is 0 Å². The van der Waals surface area contributed by atoms with E-state index in [9.17, 15) is 4.39 Å². The molecule has 2 aliphatic rings. The van der Waals surface area contributed by atoms with E-state index in [0.29, 0.717) is 6.54 Å². The lowest BCUT2D eigenvalue weighted by atomic mass is 9.89. The molecule has 1 spiro atoms. The Balaban J connectivity index is 2.00. The molecule has 2 aliphatic heterocycles. The van der Waals surface area contributed by atoms with E-state index in [2.05, 4.69) is 10.2 Å². The third-order valence-corrected chi connectivity index (χ3v) is 3.21. The van der Waals surface area contributed by atoms with Crippen LogP contribution in [0.15, 0.2) is 0 Å². The summed E-state index contributed by atoms with van der Waals surface area (Å²) in [5.41, 5.74) is 0.199. The second-order valence-electron chi connectivity index (χ2n) is 3.87. The molecule has 0 bridgehead atoms. The first-order chi connectivity index (χ1) is 6.37. The van der Waals surface area contributed by atoms with Crippen molar-refractivity contribution in [3.8, 4) is 0 Å². The zero-order valence-corrected chi connectivity index (χ0v) is 7.89. The van der Waals surface area contributed by atoms with E-state index < -0.39 is 0 Å². The van der Waals surface area contributed by atoms with Gasteiger partial charge in [0, 0.05) is 38.5 Å². The summed E-state index contributed by atoms with van der Waals surface area (Å²) in [6.45, 7) is 3.80. The molecule has 0 atom stereocenters. The van der Waals surface area contributed by atoms with Crippen molar-refractivity contribution in [2.24, 2.45) is 0 Å². The zero-order chi connectivity index (χ0) is 9.15. The molecule has 0 radical (unpaired) electrons. The predicted octanol–water partition coefficient (Wildman–Crippen LogP) is 0.368. The first-order valence-corrected chi connectivity index (χ1v) is 4.97. The van der Waals surface area contributed by atoms with Gasteiger partial charge in [0.1, 0.15) is 6.67 Å². The highest BCUT2D eigenvalue weighted by atomic mass is 19.1. The van der Waals surface area contributed by atoms with E-state index in [0.717, 1.165) is 39.3 Å². The lowest BCUT2D eigenvalue weighted by molar-refractivity contribution is -0.00387.